The number of carbonyl (C=O) groups is 2. The zero-order valence-corrected chi connectivity index (χ0v) is 13.0. The van der Waals surface area contributed by atoms with Gasteiger partial charge in [0.15, 0.2) is 0 Å². The van der Waals surface area contributed by atoms with E-state index in [-0.39, 0.29) is 23.6 Å². The minimum atomic E-state index is -1.08. The number of hydrogen-bond acceptors (Lipinski definition) is 6. The van der Waals surface area contributed by atoms with Gasteiger partial charge in [-0.05, 0) is 12.0 Å². The Morgan fingerprint density at radius 2 is 2.09 bits per heavy atom. The Morgan fingerprint density at radius 3 is 2.78 bits per heavy atom. The first-order valence-corrected chi connectivity index (χ1v) is 7.97. The van der Waals surface area contributed by atoms with Crippen molar-refractivity contribution in [1.82, 2.24) is 15.1 Å². The van der Waals surface area contributed by atoms with E-state index in [1.54, 1.807) is 4.90 Å². The second-order valence-corrected chi connectivity index (χ2v) is 6.23. The molecule has 0 aliphatic carbocycles. The average Bonchev–Trinajstić information content (AvgIpc) is 3.22. The lowest BCUT2D eigenvalue weighted by molar-refractivity contribution is 0.0695. The molecule has 1 aliphatic heterocycles. The van der Waals surface area contributed by atoms with Crippen molar-refractivity contribution in [2.24, 2.45) is 0 Å². The van der Waals surface area contributed by atoms with Gasteiger partial charge in [0, 0.05) is 19.0 Å². The van der Waals surface area contributed by atoms with E-state index in [0.717, 1.165) is 23.3 Å². The normalized spacial score (nSPS) is 17.2. The number of carboxylic acids is 1. The summed E-state index contributed by atoms with van der Waals surface area (Å²) in [5.41, 5.74) is 0.937. The first kappa shape index (κ1) is 15.4. The van der Waals surface area contributed by atoms with Gasteiger partial charge in [0.2, 0.25) is 5.01 Å². The van der Waals surface area contributed by atoms with Gasteiger partial charge in [-0.2, -0.15) is 0 Å². The molecule has 23 heavy (non-hydrogen) atoms. The van der Waals surface area contributed by atoms with Crippen LogP contribution in [0.2, 0.25) is 0 Å². The van der Waals surface area contributed by atoms with Crippen LogP contribution in [0.15, 0.2) is 30.3 Å². The molecule has 1 unspecified atom stereocenters. The Labute approximate surface area is 136 Å². The van der Waals surface area contributed by atoms with Crippen LogP contribution in [0.5, 0.6) is 0 Å². The molecule has 0 radical (unpaired) electrons. The van der Waals surface area contributed by atoms with Crippen molar-refractivity contribution in [3.8, 4) is 0 Å². The third-order valence-corrected chi connectivity index (χ3v) is 4.70. The average molecular weight is 333 g/mol. The quantitative estimate of drug-likeness (QED) is 0.923. The van der Waals surface area contributed by atoms with E-state index in [9.17, 15) is 9.59 Å². The molecule has 1 saturated heterocycles. The molecule has 8 heteroatoms. The smallest absolute Gasteiger partial charge is 0.410 e. The van der Waals surface area contributed by atoms with Gasteiger partial charge in [-0.25, -0.2) is 9.59 Å². The maximum Gasteiger partial charge on any atom is 0.410 e. The van der Waals surface area contributed by atoms with Crippen LogP contribution in [-0.2, 0) is 11.3 Å². The van der Waals surface area contributed by atoms with E-state index < -0.39 is 5.97 Å². The predicted octanol–water partition coefficient (Wildman–Crippen LogP) is 2.36. The van der Waals surface area contributed by atoms with Crippen molar-refractivity contribution in [1.29, 1.82) is 0 Å². The van der Waals surface area contributed by atoms with Crippen molar-refractivity contribution in [3.05, 3.63) is 45.9 Å². The van der Waals surface area contributed by atoms with E-state index in [0.29, 0.717) is 18.1 Å². The molecule has 2 heterocycles. The number of benzene rings is 1. The van der Waals surface area contributed by atoms with Gasteiger partial charge in [-0.15, -0.1) is 10.2 Å². The highest BCUT2D eigenvalue weighted by molar-refractivity contribution is 7.13. The van der Waals surface area contributed by atoms with Crippen LogP contribution in [-0.4, -0.2) is 45.4 Å². The van der Waals surface area contributed by atoms with Crippen LogP contribution in [0, 0.1) is 0 Å². The lowest BCUT2D eigenvalue weighted by Gasteiger charge is -2.15. The summed E-state index contributed by atoms with van der Waals surface area (Å²) in [7, 11) is 0. The topological polar surface area (TPSA) is 92.6 Å². The SMILES string of the molecule is O=C(O)c1nnc(C2CCN(C(=O)OCc3ccccc3)C2)s1. The summed E-state index contributed by atoms with van der Waals surface area (Å²) in [6.45, 7) is 1.28. The minimum Gasteiger partial charge on any atom is -0.476 e. The molecule has 1 aromatic carbocycles. The summed E-state index contributed by atoms with van der Waals surface area (Å²) >= 11 is 1.06. The number of aromatic carboxylic acids is 1. The fourth-order valence-corrected chi connectivity index (χ4v) is 3.23. The molecule has 7 nitrogen and oxygen atoms in total. The third kappa shape index (κ3) is 3.65. The number of likely N-dealkylation sites (tertiary alicyclic amines) is 1. The highest BCUT2D eigenvalue weighted by atomic mass is 32.1. The molecule has 1 N–H and O–H groups in total. The number of nitrogens with zero attached hydrogens (tertiary/aromatic N) is 3. The maximum absolute atomic E-state index is 12.1. The summed E-state index contributed by atoms with van der Waals surface area (Å²) in [4.78, 5) is 24.6. The maximum atomic E-state index is 12.1. The molecular formula is C15H15N3O4S. The van der Waals surface area contributed by atoms with E-state index in [2.05, 4.69) is 10.2 Å². The minimum absolute atomic E-state index is 0.0184. The van der Waals surface area contributed by atoms with E-state index in [1.807, 2.05) is 30.3 Å². The second-order valence-electron chi connectivity index (χ2n) is 5.22. The summed E-state index contributed by atoms with van der Waals surface area (Å²) in [6.07, 6.45) is 0.369. The van der Waals surface area contributed by atoms with Crippen molar-refractivity contribution in [2.45, 2.75) is 18.9 Å². The van der Waals surface area contributed by atoms with Crippen LogP contribution < -0.4 is 0 Å². The van der Waals surface area contributed by atoms with Crippen molar-refractivity contribution < 1.29 is 19.4 Å². The zero-order valence-electron chi connectivity index (χ0n) is 12.2. The number of carboxylic acid groups (broad SMARTS) is 1. The van der Waals surface area contributed by atoms with Gasteiger partial charge in [-0.3, -0.25) is 0 Å². The number of amides is 1. The molecule has 0 saturated carbocycles. The van der Waals surface area contributed by atoms with Gasteiger partial charge in [0.05, 0.1) is 0 Å². The Bertz CT molecular complexity index is 704. The van der Waals surface area contributed by atoms with E-state index in [4.69, 9.17) is 9.84 Å². The number of rotatable bonds is 4. The summed E-state index contributed by atoms with van der Waals surface area (Å²) in [5.74, 6) is -1.06. The largest absolute Gasteiger partial charge is 0.476 e. The molecular weight excluding hydrogens is 318 g/mol. The number of hydrogen-bond donors (Lipinski definition) is 1. The highest BCUT2D eigenvalue weighted by Crippen LogP contribution is 2.29. The Morgan fingerprint density at radius 1 is 1.30 bits per heavy atom. The summed E-state index contributed by atoms with van der Waals surface area (Å²) < 4.78 is 5.30. The highest BCUT2D eigenvalue weighted by Gasteiger charge is 2.31. The van der Waals surface area contributed by atoms with Crippen molar-refractivity contribution in [2.75, 3.05) is 13.1 Å². The van der Waals surface area contributed by atoms with Gasteiger partial charge in [0.1, 0.15) is 11.6 Å². The van der Waals surface area contributed by atoms with Gasteiger partial charge in [0.25, 0.3) is 0 Å². The van der Waals surface area contributed by atoms with Crippen LogP contribution in [0.4, 0.5) is 4.79 Å². The van der Waals surface area contributed by atoms with E-state index >= 15 is 0 Å². The Hall–Kier alpha value is -2.48. The molecule has 1 amide bonds. The fourth-order valence-electron chi connectivity index (χ4n) is 2.42. The van der Waals surface area contributed by atoms with Gasteiger partial charge < -0.3 is 14.7 Å². The van der Waals surface area contributed by atoms with Crippen molar-refractivity contribution >= 4 is 23.4 Å². The Balaban J connectivity index is 1.54. The standard InChI is InChI=1S/C15H15N3O4S/c19-14(20)13-17-16-12(23-13)11-6-7-18(8-11)15(21)22-9-10-4-2-1-3-5-10/h1-5,11H,6-9H2,(H,19,20). The Kier molecular flexibility index (Phi) is 4.52. The third-order valence-electron chi connectivity index (χ3n) is 3.62. The zero-order chi connectivity index (χ0) is 16.2. The first-order chi connectivity index (χ1) is 11.1. The second kappa shape index (κ2) is 6.74. The lowest BCUT2D eigenvalue weighted by Crippen LogP contribution is -2.29. The molecule has 1 aliphatic rings. The number of aromatic nitrogens is 2. The molecule has 1 fully saturated rings. The monoisotopic (exact) mass is 333 g/mol. The fraction of sp³-hybridized carbons (Fsp3) is 0.333. The molecule has 1 atom stereocenters. The molecule has 0 bridgehead atoms. The summed E-state index contributed by atoms with van der Waals surface area (Å²) in [6, 6.07) is 9.49. The predicted molar refractivity (Wildman–Crippen MR) is 82.4 cm³/mol. The van der Waals surface area contributed by atoms with Crippen molar-refractivity contribution in [3.63, 3.8) is 0 Å². The lowest BCUT2D eigenvalue weighted by atomic mass is 10.1. The number of carbonyl (C=O) groups excluding carboxylic acids is 1. The number of ether oxygens (including phenoxy) is 1. The van der Waals surface area contributed by atoms with Gasteiger partial charge >= 0.3 is 12.1 Å². The molecule has 3 rings (SSSR count). The molecule has 1 aromatic heterocycles. The van der Waals surface area contributed by atoms with Crippen LogP contribution >= 0.6 is 11.3 Å². The van der Waals surface area contributed by atoms with Crippen LogP contribution in [0.25, 0.3) is 0 Å². The van der Waals surface area contributed by atoms with Gasteiger partial charge in [-0.1, -0.05) is 41.7 Å². The first-order valence-electron chi connectivity index (χ1n) is 7.16. The van der Waals surface area contributed by atoms with Crippen LogP contribution in [0.1, 0.15) is 32.7 Å². The van der Waals surface area contributed by atoms with E-state index in [1.165, 1.54) is 0 Å². The molecule has 0 spiro atoms. The summed E-state index contributed by atoms with van der Waals surface area (Å²) in [5, 5.41) is 17.1. The molecule has 120 valence electrons. The van der Waals surface area contributed by atoms with Crippen LogP contribution in [0.3, 0.4) is 0 Å². The molecule has 2 aromatic rings.